The number of aromatic nitrogens is 2. The fourth-order valence-corrected chi connectivity index (χ4v) is 1.38. The lowest BCUT2D eigenvalue weighted by Gasteiger charge is -2.08. The number of carboxylic acid groups (broad SMARTS) is 1. The summed E-state index contributed by atoms with van der Waals surface area (Å²) in [7, 11) is 0. The van der Waals surface area contributed by atoms with Crippen LogP contribution in [0.2, 0.25) is 0 Å². The van der Waals surface area contributed by atoms with Crippen molar-refractivity contribution in [3.8, 4) is 0 Å². The van der Waals surface area contributed by atoms with Gasteiger partial charge in [0.15, 0.2) is 0 Å². The Balaban J connectivity index is 2.58. The van der Waals surface area contributed by atoms with Gasteiger partial charge in [-0.2, -0.15) is 13.2 Å². The van der Waals surface area contributed by atoms with Crippen LogP contribution in [0.1, 0.15) is 28.8 Å². The van der Waals surface area contributed by atoms with Crippen molar-refractivity contribution in [1.82, 2.24) is 9.97 Å². The first-order chi connectivity index (χ1) is 8.83. The van der Waals surface area contributed by atoms with Crippen LogP contribution in [0.25, 0.3) is 0 Å². The summed E-state index contributed by atoms with van der Waals surface area (Å²) >= 11 is 0. The summed E-state index contributed by atoms with van der Waals surface area (Å²) in [6.07, 6.45) is -2.70. The van der Waals surface area contributed by atoms with E-state index < -0.39 is 18.8 Å². The van der Waals surface area contributed by atoms with Gasteiger partial charge in [0.2, 0.25) is 0 Å². The minimum absolute atomic E-state index is 0.00228. The Morgan fingerprint density at radius 1 is 1.47 bits per heavy atom. The summed E-state index contributed by atoms with van der Waals surface area (Å²) in [6.45, 7) is 0.245. The average Bonchev–Trinajstić information content (AvgIpc) is 2.33. The monoisotopic (exact) mass is 278 g/mol. The highest BCUT2D eigenvalue weighted by Crippen LogP contribution is 2.14. The van der Waals surface area contributed by atoms with Crippen LogP contribution in [0.3, 0.4) is 0 Å². The second kappa shape index (κ2) is 6.46. The highest BCUT2D eigenvalue weighted by atomic mass is 19.4. The summed E-state index contributed by atoms with van der Waals surface area (Å²) in [6, 6.07) is 0. The largest absolute Gasteiger partial charge is 0.478 e. The van der Waals surface area contributed by atoms with E-state index >= 15 is 0 Å². The SMILES string of the molecule is CCc1nc(CCOCC(F)(F)F)ncc1C(=O)O. The molecule has 0 atom stereocenters. The van der Waals surface area contributed by atoms with E-state index in [0.717, 1.165) is 6.20 Å². The normalized spacial score (nSPS) is 11.6. The standard InChI is InChI=1S/C11H13F3N2O3/c1-2-8-7(10(17)18)5-15-9(16-8)3-4-19-6-11(12,13)14/h5H,2-4,6H2,1H3,(H,17,18). The first kappa shape index (κ1) is 15.4. The Bertz CT molecular complexity index is 449. The van der Waals surface area contributed by atoms with E-state index in [4.69, 9.17) is 5.11 Å². The van der Waals surface area contributed by atoms with E-state index in [1.807, 2.05) is 0 Å². The van der Waals surface area contributed by atoms with Gasteiger partial charge in [-0.15, -0.1) is 0 Å². The summed E-state index contributed by atoms with van der Waals surface area (Å²) in [5, 5.41) is 8.86. The minimum Gasteiger partial charge on any atom is -0.478 e. The van der Waals surface area contributed by atoms with Crippen molar-refractivity contribution < 1.29 is 27.8 Å². The molecule has 5 nitrogen and oxygen atoms in total. The van der Waals surface area contributed by atoms with Crippen LogP contribution in [0.4, 0.5) is 13.2 Å². The van der Waals surface area contributed by atoms with Gasteiger partial charge in [-0.3, -0.25) is 0 Å². The Kier molecular flexibility index (Phi) is 5.22. The number of hydrogen-bond acceptors (Lipinski definition) is 4. The van der Waals surface area contributed by atoms with Crippen molar-refractivity contribution in [2.45, 2.75) is 25.9 Å². The molecule has 1 N–H and O–H groups in total. The van der Waals surface area contributed by atoms with Crippen molar-refractivity contribution >= 4 is 5.97 Å². The average molecular weight is 278 g/mol. The van der Waals surface area contributed by atoms with Crippen LogP contribution in [0.15, 0.2) is 6.20 Å². The Labute approximate surface area is 107 Å². The molecule has 106 valence electrons. The van der Waals surface area contributed by atoms with Crippen LogP contribution in [-0.4, -0.2) is 40.4 Å². The molecule has 0 aromatic carbocycles. The van der Waals surface area contributed by atoms with Gasteiger partial charge in [-0.1, -0.05) is 6.92 Å². The van der Waals surface area contributed by atoms with Gasteiger partial charge < -0.3 is 9.84 Å². The molecule has 8 heteroatoms. The second-order valence-corrected chi connectivity index (χ2v) is 3.72. The van der Waals surface area contributed by atoms with E-state index in [1.54, 1.807) is 6.92 Å². The lowest BCUT2D eigenvalue weighted by Crippen LogP contribution is -2.18. The number of alkyl halides is 3. The molecular formula is C11H13F3N2O3. The number of carbonyl (C=O) groups is 1. The van der Waals surface area contributed by atoms with Crippen molar-refractivity contribution in [3.63, 3.8) is 0 Å². The summed E-state index contributed by atoms with van der Waals surface area (Å²) in [5.74, 6) is -0.860. The molecule has 1 heterocycles. The fourth-order valence-electron chi connectivity index (χ4n) is 1.38. The third-order valence-electron chi connectivity index (χ3n) is 2.22. The molecule has 0 amide bonds. The molecule has 1 aromatic heterocycles. The molecule has 19 heavy (non-hydrogen) atoms. The van der Waals surface area contributed by atoms with Crippen LogP contribution in [0, 0.1) is 0 Å². The van der Waals surface area contributed by atoms with E-state index in [0.29, 0.717) is 12.1 Å². The third kappa shape index (κ3) is 5.21. The number of halogens is 3. The van der Waals surface area contributed by atoms with E-state index in [1.165, 1.54) is 0 Å². The predicted octanol–water partition coefficient (Wildman–Crippen LogP) is 1.86. The van der Waals surface area contributed by atoms with E-state index in [9.17, 15) is 18.0 Å². The number of rotatable bonds is 6. The molecule has 0 aliphatic rings. The highest BCUT2D eigenvalue weighted by Gasteiger charge is 2.27. The van der Waals surface area contributed by atoms with Gasteiger partial charge in [0, 0.05) is 12.6 Å². The molecule has 0 aliphatic carbocycles. The van der Waals surface area contributed by atoms with Crippen LogP contribution in [0.5, 0.6) is 0 Å². The van der Waals surface area contributed by atoms with E-state index in [-0.39, 0.29) is 24.4 Å². The van der Waals surface area contributed by atoms with Crippen LogP contribution >= 0.6 is 0 Å². The van der Waals surface area contributed by atoms with Crippen molar-refractivity contribution in [2.75, 3.05) is 13.2 Å². The number of carboxylic acids is 1. The van der Waals surface area contributed by atoms with Crippen molar-refractivity contribution in [2.24, 2.45) is 0 Å². The Morgan fingerprint density at radius 2 is 2.16 bits per heavy atom. The maximum Gasteiger partial charge on any atom is 0.411 e. The molecule has 0 saturated heterocycles. The first-order valence-corrected chi connectivity index (χ1v) is 5.56. The van der Waals surface area contributed by atoms with Gasteiger partial charge in [0.25, 0.3) is 0 Å². The number of aryl methyl sites for hydroxylation is 1. The van der Waals surface area contributed by atoms with Gasteiger partial charge in [0.05, 0.1) is 17.9 Å². The van der Waals surface area contributed by atoms with Gasteiger partial charge in [0.1, 0.15) is 12.4 Å². The quantitative estimate of drug-likeness (QED) is 0.804. The summed E-state index contributed by atoms with van der Waals surface area (Å²) < 4.78 is 39.9. The minimum atomic E-state index is -4.36. The lowest BCUT2D eigenvalue weighted by atomic mass is 10.2. The Hall–Kier alpha value is -1.70. The number of ether oxygens (including phenoxy) is 1. The molecule has 0 saturated carbocycles. The smallest absolute Gasteiger partial charge is 0.411 e. The molecular weight excluding hydrogens is 265 g/mol. The lowest BCUT2D eigenvalue weighted by molar-refractivity contribution is -0.173. The summed E-state index contributed by atoms with van der Waals surface area (Å²) in [5.41, 5.74) is 0.357. The van der Waals surface area contributed by atoms with Crippen molar-refractivity contribution in [3.05, 3.63) is 23.3 Å². The maximum absolute atomic E-state index is 11.8. The zero-order chi connectivity index (χ0) is 14.5. The molecule has 0 spiro atoms. The number of hydrogen-bond donors (Lipinski definition) is 1. The third-order valence-corrected chi connectivity index (χ3v) is 2.22. The maximum atomic E-state index is 11.8. The molecule has 0 aliphatic heterocycles. The molecule has 0 unspecified atom stereocenters. The Morgan fingerprint density at radius 3 is 2.68 bits per heavy atom. The molecule has 0 radical (unpaired) electrons. The fraction of sp³-hybridized carbons (Fsp3) is 0.545. The van der Waals surface area contributed by atoms with Crippen molar-refractivity contribution in [1.29, 1.82) is 0 Å². The first-order valence-electron chi connectivity index (χ1n) is 5.56. The highest BCUT2D eigenvalue weighted by molar-refractivity contribution is 5.88. The van der Waals surface area contributed by atoms with E-state index in [2.05, 4.69) is 14.7 Å². The molecule has 1 aromatic rings. The van der Waals surface area contributed by atoms with Crippen LogP contribution in [-0.2, 0) is 17.6 Å². The number of nitrogens with zero attached hydrogens (tertiary/aromatic N) is 2. The van der Waals surface area contributed by atoms with Gasteiger partial charge in [-0.05, 0) is 6.42 Å². The van der Waals surface area contributed by atoms with Gasteiger partial charge >= 0.3 is 12.1 Å². The molecule has 1 rings (SSSR count). The molecule has 0 bridgehead atoms. The molecule has 0 fully saturated rings. The topological polar surface area (TPSA) is 72.3 Å². The zero-order valence-corrected chi connectivity index (χ0v) is 10.2. The predicted molar refractivity (Wildman–Crippen MR) is 58.9 cm³/mol. The number of aromatic carboxylic acids is 1. The summed E-state index contributed by atoms with van der Waals surface area (Å²) in [4.78, 5) is 18.6. The van der Waals surface area contributed by atoms with Gasteiger partial charge in [-0.25, -0.2) is 14.8 Å². The zero-order valence-electron chi connectivity index (χ0n) is 10.2. The van der Waals surface area contributed by atoms with Crippen LogP contribution < -0.4 is 0 Å². The second-order valence-electron chi connectivity index (χ2n) is 3.72.